The maximum atomic E-state index is 14.4. The molecule has 3 N–H and O–H groups in total. The SMILES string of the molecule is CCC(C)(C)N(C(=O)C(CC(C)C)NC(=O)OC(C)(C)C)C(C(=O)NC1CCCCC1)c1cccc(O)c1. The standard InChI is InChI=1S/C30H49N3O5/c1-9-30(7,8)33(27(36)24(18-20(2)3)32-28(37)38-29(4,5)6)25(21-14-13-17-23(34)19-21)26(35)31-22-15-11-10-12-16-22/h13-14,17,19-20,22,24-25,34H,9-12,15-16,18H2,1-8H3,(H,31,35)(H,32,37). The third-order valence-corrected chi connectivity index (χ3v) is 7.10. The van der Waals surface area contributed by atoms with Crippen LogP contribution in [0.25, 0.3) is 0 Å². The molecule has 8 heteroatoms. The fourth-order valence-corrected chi connectivity index (χ4v) is 4.90. The fraction of sp³-hybridized carbons (Fsp3) is 0.700. The molecule has 0 heterocycles. The van der Waals surface area contributed by atoms with Gasteiger partial charge in [0.2, 0.25) is 11.8 Å². The molecule has 1 aromatic carbocycles. The second-order valence-corrected chi connectivity index (χ2v) is 12.5. The monoisotopic (exact) mass is 531 g/mol. The van der Waals surface area contributed by atoms with Crippen molar-refractivity contribution < 1.29 is 24.2 Å². The van der Waals surface area contributed by atoms with E-state index in [1.54, 1.807) is 43.9 Å². The van der Waals surface area contributed by atoms with Gasteiger partial charge < -0.3 is 25.4 Å². The summed E-state index contributed by atoms with van der Waals surface area (Å²) in [7, 11) is 0. The minimum absolute atomic E-state index is 0.0188. The number of amides is 3. The Morgan fingerprint density at radius 1 is 1.08 bits per heavy atom. The summed E-state index contributed by atoms with van der Waals surface area (Å²) >= 11 is 0. The Morgan fingerprint density at radius 2 is 1.71 bits per heavy atom. The van der Waals surface area contributed by atoms with Crippen LogP contribution in [0.1, 0.15) is 112 Å². The molecule has 1 fully saturated rings. The lowest BCUT2D eigenvalue weighted by Gasteiger charge is -2.45. The van der Waals surface area contributed by atoms with Crippen LogP contribution in [0.2, 0.25) is 0 Å². The highest BCUT2D eigenvalue weighted by Gasteiger charge is 2.43. The van der Waals surface area contributed by atoms with Gasteiger partial charge in [-0.1, -0.05) is 52.2 Å². The molecule has 2 unspecified atom stereocenters. The molecular formula is C30H49N3O5. The minimum Gasteiger partial charge on any atom is -0.508 e. The summed E-state index contributed by atoms with van der Waals surface area (Å²) in [4.78, 5) is 42.7. The average Bonchev–Trinajstić information content (AvgIpc) is 2.80. The highest BCUT2D eigenvalue weighted by Crippen LogP contribution is 2.34. The van der Waals surface area contributed by atoms with E-state index in [1.807, 2.05) is 34.6 Å². The lowest BCUT2D eigenvalue weighted by Crippen LogP contribution is -2.60. The van der Waals surface area contributed by atoms with E-state index in [0.29, 0.717) is 18.4 Å². The first-order chi connectivity index (χ1) is 17.6. The van der Waals surface area contributed by atoms with Crippen molar-refractivity contribution in [1.82, 2.24) is 15.5 Å². The van der Waals surface area contributed by atoms with Crippen molar-refractivity contribution in [2.75, 3.05) is 0 Å². The molecule has 38 heavy (non-hydrogen) atoms. The number of hydrogen-bond acceptors (Lipinski definition) is 5. The molecule has 0 aromatic heterocycles. The third-order valence-electron chi connectivity index (χ3n) is 7.10. The van der Waals surface area contributed by atoms with Gasteiger partial charge >= 0.3 is 6.09 Å². The summed E-state index contributed by atoms with van der Waals surface area (Å²) in [6, 6.07) is 4.69. The van der Waals surface area contributed by atoms with Gasteiger partial charge in [0.1, 0.15) is 23.4 Å². The van der Waals surface area contributed by atoms with Gasteiger partial charge in [0.15, 0.2) is 0 Å². The molecule has 0 radical (unpaired) electrons. The molecular weight excluding hydrogens is 482 g/mol. The molecule has 1 saturated carbocycles. The van der Waals surface area contributed by atoms with Crippen LogP contribution in [0.5, 0.6) is 5.75 Å². The molecule has 3 amide bonds. The lowest BCUT2D eigenvalue weighted by atomic mass is 9.90. The van der Waals surface area contributed by atoms with Crippen LogP contribution in [0, 0.1) is 5.92 Å². The Hall–Kier alpha value is -2.77. The number of phenols is 1. The number of aromatic hydroxyl groups is 1. The summed E-state index contributed by atoms with van der Waals surface area (Å²) in [6.45, 7) is 15.1. The molecule has 214 valence electrons. The van der Waals surface area contributed by atoms with E-state index in [4.69, 9.17) is 4.74 Å². The van der Waals surface area contributed by atoms with Gasteiger partial charge in [-0.3, -0.25) is 9.59 Å². The third kappa shape index (κ3) is 9.21. The summed E-state index contributed by atoms with van der Waals surface area (Å²) in [5.41, 5.74) is -0.933. The molecule has 1 aromatic rings. The molecule has 1 aliphatic carbocycles. The number of hydrogen-bond donors (Lipinski definition) is 3. The van der Waals surface area contributed by atoms with Crippen LogP contribution in [-0.2, 0) is 14.3 Å². The highest BCUT2D eigenvalue weighted by atomic mass is 16.6. The Labute approximate surface area is 228 Å². The Bertz CT molecular complexity index is 947. The largest absolute Gasteiger partial charge is 0.508 e. The molecule has 0 aliphatic heterocycles. The van der Waals surface area contributed by atoms with Crippen molar-refractivity contribution in [2.24, 2.45) is 5.92 Å². The maximum absolute atomic E-state index is 14.4. The number of alkyl carbamates (subject to hydrolysis) is 1. The molecule has 0 bridgehead atoms. The number of carbonyl (C=O) groups excluding carboxylic acids is 3. The van der Waals surface area contributed by atoms with Gasteiger partial charge in [-0.15, -0.1) is 0 Å². The van der Waals surface area contributed by atoms with Gasteiger partial charge in [-0.2, -0.15) is 0 Å². The lowest BCUT2D eigenvalue weighted by molar-refractivity contribution is -0.150. The van der Waals surface area contributed by atoms with E-state index in [-0.39, 0.29) is 29.5 Å². The number of nitrogens with zero attached hydrogens (tertiary/aromatic N) is 1. The van der Waals surface area contributed by atoms with E-state index in [2.05, 4.69) is 10.6 Å². The molecule has 0 saturated heterocycles. The van der Waals surface area contributed by atoms with E-state index < -0.39 is 29.3 Å². The number of rotatable bonds is 10. The van der Waals surface area contributed by atoms with Gasteiger partial charge in [-0.05, 0) is 83.9 Å². The van der Waals surface area contributed by atoms with E-state index in [0.717, 1.165) is 32.1 Å². The van der Waals surface area contributed by atoms with Crippen molar-refractivity contribution in [2.45, 2.75) is 130 Å². The zero-order valence-corrected chi connectivity index (χ0v) is 24.6. The van der Waals surface area contributed by atoms with Crippen LogP contribution in [0.3, 0.4) is 0 Å². The van der Waals surface area contributed by atoms with Crippen molar-refractivity contribution >= 4 is 17.9 Å². The van der Waals surface area contributed by atoms with Crippen LogP contribution in [0.4, 0.5) is 4.79 Å². The minimum atomic E-state index is -0.985. The molecule has 2 rings (SSSR count). The predicted molar refractivity (Wildman–Crippen MR) is 150 cm³/mol. The summed E-state index contributed by atoms with van der Waals surface area (Å²) < 4.78 is 5.47. The predicted octanol–water partition coefficient (Wildman–Crippen LogP) is 5.84. The van der Waals surface area contributed by atoms with Crippen LogP contribution in [-0.4, -0.2) is 51.1 Å². The van der Waals surface area contributed by atoms with Gasteiger partial charge in [0, 0.05) is 11.6 Å². The summed E-state index contributed by atoms with van der Waals surface area (Å²) in [5, 5.41) is 16.3. The zero-order valence-electron chi connectivity index (χ0n) is 24.6. The van der Waals surface area contributed by atoms with E-state index in [9.17, 15) is 19.5 Å². The number of nitrogens with one attached hydrogen (secondary N) is 2. The van der Waals surface area contributed by atoms with Crippen LogP contribution < -0.4 is 10.6 Å². The molecule has 1 aliphatic rings. The van der Waals surface area contributed by atoms with Crippen molar-refractivity contribution in [1.29, 1.82) is 0 Å². The van der Waals surface area contributed by atoms with Crippen molar-refractivity contribution in [3.8, 4) is 5.75 Å². The molecule has 0 spiro atoms. The van der Waals surface area contributed by atoms with Crippen LogP contribution in [0.15, 0.2) is 24.3 Å². The van der Waals surface area contributed by atoms with Crippen molar-refractivity contribution in [3.63, 3.8) is 0 Å². The smallest absolute Gasteiger partial charge is 0.408 e. The van der Waals surface area contributed by atoms with Gasteiger partial charge in [0.25, 0.3) is 0 Å². The normalized spacial score (nSPS) is 16.4. The fourth-order valence-electron chi connectivity index (χ4n) is 4.90. The van der Waals surface area contributed by atoms with Crippen molar-refractivity contribution in [3.05, 3.63) is 29.8 Å². The van der Waals surface area contributed by atoms with Gasteiger partial charge in [-0.25, -0.2) is 4.79 Å². The summed E-state index contributed by atoms with van der Waals surface area (Å²) in [5.74, 6) is -0.521. The zero-order chi connectivity index (χ0) is 28.7. The maximum Gasteiger partial charge on any atom is 0.408 e. The second kappa shape index (κ2) is 13.3. The first-order valence-corrected chi connectivity index (χ1v) is 14.1. The molecule has 2 atom stereocenters. The topological polar surface area (TPSA) is 108 Å². The number of benzene rings is 1. The first-order valence-electron chi connectivity index (χ1n) is 14.1. The number of ether oxygens (including phenoxy) is 1. The van der Waals surface area contributed by atoms with Crippen LogP contribution >= 0.6 is 0 Å². The Kier molecular flexibility index (Phi) is 11.0. The highest BCUT2D eigenvalue weighted by molar-refractivity contribution is 5.92. The quantitative estimate of drug-likeness (QED) is 0.352. The van der Waals surface area contributed by atoms with E-state index >= 15 is 0 Å². The first kappa shape index (κ1) is 31.4. The average molecular weight is 532 g/mol. The summed E-state index contributed by atoms with van der Waals surface area (Å²) in [6.07, 6.45) is 5.35. The number of phenolic OH excluding ortho intramolecular Hbond substituents is 1. The Balaban J connectivity index is 2.56. The van der Waals surface area contributed by atoms with E-state index in [1.165, 1.54) is 6.07 Å². The molecule has 8 nitrogen and oxygen atoms in total. The number of carbonyl (C=O) groups is 3. The second-order valence-electron chi connectivity index (χ2n) is 12.5. The Morgan fingerprint density at radius 3 is 2.24 bits per heavy atom. The van der Waals surface area contributed by atoms with Gasteiger partial charge in [0.05, 0.1) is 0 Å².